The van der Waals surface area contributed by atoms with Crippen LogP contribution in [0, 0.1) is 12.3 Å². The standard InChI is InChI=1S/C10H13.ClH.Mg/c1-9(2)8-10-6-4-3-5-7-10;;/h3-9H,1-2H3;1H;/q-1;;+2/p-1. The van der Waals surface area contributed by atoms with Gasteiger partial charge in [0.1, 0.15) is 0 Å². The molecule has 0 unspecified atom stereocenters. The number of rotatable bonds is 2. The molecule has 0 nitrogen and oxygen atoms in total. The third-order valence-electron chi connectivity index (χ3n) is 1.33. The summed E-state index contributed by atoms with van der Waals surface area (Å²) < 4.78 is 0. The zero-order valence-corrected chi connectivity index (χ0v) is 9.80. The molecule has 0 atom stereocenters. The molecule has 0 aliphatic rings. The van der Waals surface area contributed by atoms with Gasteiger partial charge >= 0.3 is 23.1 Å². The molecule has 1 rings (SSSR count). The van der Waals surface area contributed by atoms with Crippen LogP contribution in [0.1, 0.15) is 19.4 Å². The van der Waals surface area contributed by atoms with Crippen LogP contribution < -0.4 is 12.4 Å². The fourth-order valence-corrected chi connectivity index (χ4v) is 0.949. The normalized spacial score (nSPS) is 8.25. The van der Waals surface area contributed by atoms with Crippen molar-refractivity contribution in [1.29, 1.82) is 0 Å². The van der Waals surface area contributed by atoms with E-state index in [2.05, 4.69) is 44.5 Å². The Morgan fingerprint density at radius 2 is 1.58 bits per heavy atom. The quantitative estimate of drug-likeness (QED) is 0.439. The van der Waals surface area contributed by atoms with E-state index in [1.54, 1.807) is 0 Å². The summed E-state index contributed by atoms with van der Waals surface area (Å²) >= 11 is 0. The predicted molar refractivity (Wildman–Crippen MR) is 50.4 cm³/mol. The molecule has 62 valence electrons. The number of hydrogen-bond acceptors (Lipinski definition) is 0. The Morgan fingerprint density at radius 1 is 1.08 bits per heavy atom. The van der Waals surface area contributed by atoms with Gasteiger partial charge in [-0.2, -0.15) is 24.1 Å². The van der Waals surface area contributed by atoms with Gasteiger partial charge < -0.3 is 12.4 Å². The Balaban J connectivity index is 0. The first-order valence-corrected chi connectivity index (χ1v) is 3.69. The molecule has 12 heavy (non-hydrogen) atoms. The van der Waals surface area contributed by atoms with Gasteiger partial charge in [-0.25, -0.2) is 0 Å². The second kappa shape index (κ2) is 7.78. The minimum atomic E-state index is 0. The van der Waals surface area contributed by atoms with Crippen LogP contribution in [0.4, 0.5) is 0 Å². The van der Waals surface area contributed by atoms with Crippen LogP contribution >= 0.6 is 0 Å². The van der Waals surface area contributed by atoms with E-state index in [1.165, 1.54) is 5.56 Å². The van der Waals surface area contributed by atoms with Gasteiger partial charge in [0.2, 0.25) is 0 Å². The maximum atomic E-state index is 2.25. The molecule has 0 saturated heterocycles. The molecule has 0 heterocycles. The predicted octanol–water partition coefficient (Wildman–Crippen LogP) is -0.482. The Morgan fingerprint density at radius 3 is 2.00 bits per heavy atom. The molecule has 0 aromatic heterocycles. The van der Waals surface area contributed by atoms with Crippen molar-refractivity contribution in [2.45, 2.75) is 13.8 Å². The van der Waals surface area contributed by atoms with Crippen LogP contribution in [0.15, 0.2) is 30.3 Å². The Bertz CT molecular complexity index is 184. The molecule has 0 fully saturated rings. The van der Waals surface area contributed by atoms with Crippen molar-refractivity contribution in [2.24, 2.45) is 5.92 Å². The van der Waals surface area contributed by atoms with Crippen molar-refractivity contribution in [3.05, 3.63) is 42.3 Å². The number of benzene rings is 1. The Labute approximate surface area is 97.3 Å². The third kappa shape index (κ3) is 5.75. The molecule has 1 aromatic rings. The summed E-state index contributed by atoms with van der Waals surface area (Å²) in [5, 5.41) is 0. The van der Waals surface area contributed by atoms with Crippen LogP contribution in [0.5, 0.6) is 0 Å². The van der Waals surface area contributed by atoms with Crippen molar-refractivity contribution in [1.82, 2.24) is 0 Å². The van der Waals surface area contributed by atoms with Crippen LogP contribution in [0.2, 0.25) is 0 Å². The molecule has 0 amide bonds. The van der Waals surface area contributed by atoms with Gasteiger partial charge in [-0.15, -0.1) is 12.1 Å². The van der Waals surface area contributed by atoms with Gasteiger partial charge in [-0.1, -0.05) is 25.8 Å². The molecule has 0 aliphatic carbocycles. The van der Waals surface area contributed by atoms with Gasteiger partial charge in [-0.05, 0) is 0 Å². The van der Waals surface area contributed by atoms with Gasteiger partial charge in [0.05, 0.1) is 0 Å². The molecular weight excluding hydrogens is 180 g/mol. The molecule has 0 spiro atoms. The summed E-state index contributed by atoms with van der Waals surface area (Å²) in [5.41, 5.74) is 1.32. The summed E-state index contributed by atoms with van der Waals surface area (Å²) in [4.78, 5) is 0. The topological polar surface area (TPSA) is 0 Å². The van der Waals surface area contributed by atoms with Crippen molar-refractivity contribution in [3.63, 3.8) is 0 Å². The molecule has 0 N–H and O–H groups in total. The van der Waals surface area contributed by atoms with E-state index in [1.807, 2.05) is 6.07 Å². The van der Waals surface area contributed by atoms with E-state index in [9.17, 15) is 0 Å². The summed E-state index contributed by atoms with van der Waals surface area (Å²) in [6, 6.07) is 10.4. The van der Waals surface area contributed by atoms with Crippen molar-refractivity contribution < 1.29 is 12.4 Å². The second-order valence-electron chi connectivity index (χ2n) is 2.82. The van der Waals surface area contributed by atoms with Gasteiger partial charge in [-0.3, -0.25) is 0 Å². The largest absolute Gasteiger partial charge is 2.00 e. The van der Waals surface area contributed by atoms with Crippen LogP contribution in [-0.2, 0) is 0 Å². The minimum Gasteiger partial charge on any atom is -1.00 e. The van der Waals surface area contributed by atoms with Crippen LogP contribution in [-0.4, -0.2) is 23.1 Å². The maximum Gasteiger partial charge on any atom is 2.00 e. The van der Waals surface area contributed by atoms with Crippen LogP contribution in [0.25, 0.3) is 0 Å². The SMILES string of the molecule is CC(C)[CH-]c1ccccc1.[Cl-].[Mg+2]. The van der Waals surface area contributed by atoms with E-state index >= 15 is 0 Å². The van der Waals surface area contributed by atoms with E-state index in [0.29, 0.717) is 5.92 Å². The first kappa shape index (κ1) is 14.7. The molecule has 0 bridgehead atoms. The van der Waals surface area contributed by atoms with E-state index in [-0.39, 0.29) is 35.5 Å². The zero-order valence-electron chi connectivity index (χ0n) is 7.63. The summed E-state index contributed by atoms with van der Waals surface area (Å²) in [6.45, 7) is 4.38. The van der Waals surface area contributed by atoms with E-state index < -0.39 is 0 Å². The van der Waals surface area contributed by atoms with Crippen molar-refractivity contribution in [3.8, 4) is 0 Å². The number of hydrogen-bond donors (Lipinski definition) is 0. The van der Waals surface area contributed by atoms with Crippen molar-refractivity contribution >= 4 is 23.1 Å². The fourth-order valence-electron chi connectivity index (χ4n) is 0.949. The molecular formula is C10H13ClMg. The number of halogens is 1. The van der Waals surface area contributed by atoms with Gasteiger partial charge in [0, 0.05) is 0 Å². The fraction of sp³-hybridized carbons (Fsp3) is 0.300. The summed E-state index contributed by atoms with van der Waals surface area (Å²) in [6.07, 6.45) is 2.25. The molecule has 2 heteroatoms. The molecule has 0 aliphatic heterocycles. The minimum absolute atomic E-state index is 0. The second-order valence-corrected chi connectivity index (χ2v) is 2.82. The first-order chi connectivity index (χ1) is 4.79. The molecule has 0 radical (unpaired) electrons. The molecule has 1 aromatic carbocycles. The smallest absolute Gasteiger partial charge is 1.00 e. The average Bonchev–Trinajstić information content (AvgIpc) is 1.88. The zero-order chi connectivity index (χ0) is 7.40. The van der Waals surface area contributed by atoms with Gasteiger partial charge in [0.15, 0.2) is 0 Å². The maximum absolute atomic E-state index is 2.25. The van der Waals surface area contributed by atoms with Crippen LogP contribution in [0.3, 0.4) is 0 Å². The summed E-state index contributed by atoms with van der Waals surface area (Å²) in [5.74, 6) is 0.641. The monoisotopic (exact) mass is 192 g/mol. The van der Waals surface area contributed by atoms with E-state index in [4.69, 9.17) is 0 Å². The summed E-state index contributed by atoms with van der Waals surface area (Å²) in [7, 11) is 0. The average molecular weight is 193 g/mol. The van der Waals surface area contributed by atoms with E-state index in [0.717, 1.165) is 0 Å². The first-order valence-electron chi connectivity index (χ1n) is 3.69. The third-order valence-corrected chi connectivity index (χ3v) is 1.33. The van der Waals surface area contributed by atoms with Gasteiger partial charge in [0.25, 0.3) is 0 Å². The Kier molecular flexibility index (Phi) is 9.50. The molecule has 0 saturated carbocycles. The Hall–Kier alpha value is 0.146. The van der Waals surface area contributed by atoms with Crippen molar-refractivity contribution in [2.75, 3.05) is 0 Å².